The smallest absolute Gasteiger partial charge is 0.317 e. The average molecular weight is 337 g/mol. The van der Waals surface area contributed by atoms with Gasteiger partial charge in [0.1, 0.15) is 5.82 Å². The van der Waals surface area contributed by atoms with E-state index >= 15 is 0 Å². The van der Waals surface area contributed by atoms with Gasteiger partial charge in [0.15, 0.2) is 0 Å². The van der Waals surface area contributed by atoms with Gasteiger partial charge in [-0.15, -0.1) is 0 Å². The third-order valence-electron chi connectivity index (χ3n) is 4.30. The fourth-order valence-corrected chi connectivity index (χ4v) is 3.01. The van der Waals surface area contributed by atoms with E-state index in [0.29, 0.717) is 19.7 Å². The molecule has 0 unspecified atom stereocenters. The summed E-state index contributed by atoms with van der Waals surface area (Å²) in [6.07, 6.45) is 2.89. The van der Waals surface area contributed by atoms with E-state index < -0.39 is 0 Å². The van der Waals surface area contributed by atoms with Crippen LogP contribution in [0.2, 0.25) is 0 Å². The van der Waals surface area contributed by atoms with Crippen LogP contribution in [0.25, 0.3) is 0 Å². The maximum Gasteiger partial charge on any atom is 0.317 e. The molecule has 1 saturated heterocycles. The molecule has 1 aliphatic heterocycles. The molecule has 5 nitrogen and oxygen atoms in total. The van der Waals surface area contributed by atoms with E-state index in [-0.39, 0.29) is 17.9 Å². The van der Waals surface area contributed by atoms with E-state index in [1.54, 1.807) is 24.1 Å². The number of benzene rings is 1. The minimum atomic E-state index is -0.264. The van der Waals surface area contributed by atoms with Crippen molar-refractivity contribution in [1.82, 2.24) is 15.1 Å². The van der Waals surface area contributed by atoms with Crippen LogP contribution in [0.1, 0.15) is 24.8 Å². The molecule has 0 bridgehead atoms. The average Bonchev–Trinajstić information content (AvgIpc) is 2.56. The second-order valence-electron chi connectivity index (χ2n) is 6.45. The van der Waals surface area contributed by atoms with Crippen LogP contribution in [0.15, 0.2) is 24.3 Å². The third-order valence-corrected chi connectivity index (χ3v) is 4.30. The number of halogens is 1. The van der Waals surface area contributed by atoms with Crippen LogP contribution in [-0.4, -0.2) is 62.3 Å². The summed E-state index contributed by atoms with van der Waals surface area (Å²) < 4.78 is 18.2. The molecule has 0 aliphatic carbocycles. The molecule has 24 heavy (non-hydrogen) atoms. The molecule has 1 N–H and O–H groups in total. The first-order valence-corrected chi connectivity index (χ1v) is 8.56. The minimum Gasteiger partial charge on any atom is -0.385 e. The fraction of sp³-hybridized carbons (Fsp3) is 0.611. The van der Waals surface area contributed by atoms with Gasteiger partial charge < -0.3 is 19.9 Å². The summed E-state index contributed by atoms with van der Waals surface area (Å²) in [4.78, 5) is 16.7. The summed E-state index contributed by atoms with van der Waals surface area (Å²) >= 11 is 0. The van der Waals surface area contributed by atoms with Crippen molar-refractivity contribution in [1.29, 1.82) is 0 Å². The zero-order valence-electron chi connectivity index (χ0n) is 14.6. The summed E-state index contributed by atoms with van der Waals surface area (Å²) in [5.41, 5.74) is 0.921. The van der Waals surface area contributed by atoms with Crippen LogP contribution in [0.4, 0.5) is 9.18 Å². The molecule has 1 fully saturated rings. The number of urea groups is 1. The second kappa shape index (κ2) is 9.59. The van der Waals surface area contributed by atoms with Crippen molar-refractivity contribution in [3.8, 4) is 0 Å². The number of carbonyl (C=O) groups excluding carboxylic acids is 1. The van der Waals surface area contributed by atoms with Crippen molar-refractivity contribution in [2.45, 2.75) is 31.8 Å². The van der Waals surface area contributed by atoms with Gasteiger partial charge >= 0.3 is 6.03 Å². The first-order chi connectivity index (χ1) is 11.6. The van der Waals surface area contributed by atoms with Crippen molar-refractivity contribution in [3.05, 3.63) is 35.6 Å². The van der Waals surface area contributed by atoms with Gasteiger partial charge in [-0.05, 0) is 50.6 Å². The lowest BCUT2D eigenvalue weighted by atomic mass is 10.1. The minimum absolute atomic E-state index is 0.0595. The standard InChI is InChI=1S/C18H28FN3O2/c1-21-10-3-5-17(14-21)20-18(23)22(11-4-12-24-2)13-15-6-8-16(19)9-7-15/h6-9,17H,3-5,10-14H2,1-2H3,(H,20,23)/t17-/m1/s1. The number of rotatable bonds is 7. The Labute approximate surface area is 143 Å². The highest BCUT2D eigenvalue weighted by Gasteiger charge is 2.22. The highest BCUT2D eigenvalue weighted by molar-refractivity contribution is 5.74. The Kier molecular flexibility index (Phi) is 7.46. The predicted molar refractivity (Wildman–Crippen MR) is 92.4 cm³/mol. The molecule has 1 aliphatic rings. The summed E-state index contributed by atoms with van der Waals surface area (Å²) in [6, 6.07) is 6.43. The van der Waals surface area contributed by atoms with Crippen molar-refractivity contribution in [2.24, 2.45) is 0 Å². The number of carbonyl (C=O) groups is 1. The normalized spacial score (nSPS) is 18.4. The van der Waals surface area contributed by atoms with Crippen molar-refractivity contribution in [2.75, 3.05) is 40.4 Å². The molecule has 1 aromatic rings. The monoisotopic (exact) mass is 337 g/mol. The first-order valence-electron chi connectivity index (χ1n) is 8.56. The fourth-order valence-electron chi connectivity index (χ4n) is 3.01. The van der Waals surface area contributed by atoms with Crippen LogP contribution in [-0.2, 0) is 11.3 Å². The van der Waals surface area contributed by atoms with Crippen LogP contribution >= 0.6 is 0 Å². The Balaban J connectivity index is 1.95. The molecule has 134 valence electrons. The first kappa shape index (κ1) is 18.7. The van der Waals surface area contributed by atoms with E-state index in [0.717, 1.165) is 37.9 Å². The van der Waals surface area contributed by atoms with Crippen molar-refractivity contribution >= 4 is 6.03 Å². The highest BCUT2D eigenvalue weighted by atomic mass is 19.1. The number of nitrogens with one attached hydrogen (secondary N) is 1. The van der Waals surface area contributed by atoms with Crippen LogP contribution in [0.3, 0.4) is 0 Å². The van der Waals surface area contributed by atoms with E-state index in [4.69, 9.17) is 4.74 Å². The molecule has 6 heteroatoms. The van der Waals surface area contributed by atoms with E-state index in [1.807, 2.05) is 0 Å². The molecular formula is C18H28FN3O2. The van der Waals surface area contributed by atoms with Crippen molar-refractivity contribution < 1.29 is 13.9 Å². The number of piperidine rings is 1. The zero-order chi connectivity index (χ0) is 17.4. The molecule has 1 atom stereocenters. The van der Waals surface area contributed by atoms with Crippen LogP contribution in [0, 0.1) is 5.82 Å². The van der Waals surface area contributed by atoms with E-state index in [9.17, 15) is 9.18 Å². The molecule has 1 heterocycles. The quantitative estimate of drug-likeness (QED) is 0.778. The number of hydrogen-bond acceptors (Lipinski definition) is 3. The molecular weight excluding hydrogens is 309 g/mol. The Morgan fingerprint density at radius 3 is 2.83 bits per heavy atom. The summed E-state index contributed by atoms with van der Waals surface area (Å²) in [5.74, 6) is -0.264. The third kappa shape index (κ3) is 6.09. The van der Waals surface area contributed by atoms with Crippen LogP contribution < -0.4 is 5.32 Å². The Morgan fingerprint density at radius 1 is 1.42 bits per heavy atom. The van der Waals surface area contributed by atoms with Crippen molar-refractivity contribution in [3.63, 3.8) is 0 Å². The van der Waals surface area contributed by atoms with E-state index in [1.165, 1.54) is 12.1 Å². The topological polar surface area (TPSA) is 44.8 Å². The Bertz CT molecular complexity index is 509. The number of likely N-dealkylation sites (tertiary alicyclic amines) is 1. The van der Waals surface area contributed by atoms with Gasteiger partial charge in [0, 0.05) is 39.4 Å². The molecule has 0 saturated carbocycles. The predicted octanol–water partition coefficient (Wildman–Crippen LogP) is 2.47. The summed E-state index contributed by atoms with van der Waals surface area (Å²) in [7, 11) is 3.73. The van der Waals surface area contributed by atoms with Gasteiger partial charge in [-0.25, -0.2) is 9.18 Å². The maximum absolute atomic E-state index is 13.1. The molecule has 2 rings (SSSR count). The number of likely N-dealkylation sites (N-methyl/N-ethyl adjacent to an activating group) is 1. The molecule has 0 aromatic heterocycles. The lowest BCUT2D eigenvalue weighted by molar-refractivity contribution is 0.158. The van der Waals surface area contributed by atoms with Gasteiger partial charge in [-0.2, -0.15) is 0 Å². The maximum atomic E-state index is 13.1. The number of amides is 2. The molecule has 1 aromatic carbocycles. The molecule has 0 radical (unpaired) electrons. The second-order valence-corrected chi connectivity index (χ2v) is 6.45. The van der Waals surface area contributed by atoms with E-state index in [2.05, 4.69) is 17.3 Å². The zero-order valence-corrected chi connectivity index (χ0v) is 14.6. The van der Waals surface area contributed by atoms with Gasteiger partial charge in [0.25, 0.3) is 0 Å². The van der Waals surface area contributed by atoms with Gasteiger partial charge in [0.2, 0.25) is 0 Å². The summed E-state index contributed by atoms with van der Waals surface area (Å²) in [5, 5.41) is 3.14. The molecule has 0 spiro atoms. The van der Waals surface area contributed by atoms with Gasteiger partial charge in [-0.1, -0.05) is 12.1 Å². The largest absolute Gasteiger partial charge is 0.385 e. The highest BCUT2D eigenvalue weighted by Crippen LogP contribution is 2.11. The number of nitrogens with zero attached hydrogens (tertiary/aromatic N) is 2. The lowest BCUT2D eigenvalue weighted by Crippen LogP contribution is -2.50. The molecule has 2 amide bonds. The summed E-state index contributed by atoms with van der Waals surface area (Å²) in [6.45, 7) is 3.66. The number of methoxy groups -OCH3 is 1. The number of hydrogen-bond donors (Lipinski definition) is 1. The van der Waals surface area contributed by atoms with Gasteiger partial charge in [-0.3, -0.25) is 0 Å². The Morgan fingerprint density at radius 2 is 2.17 bits per heavy atom. The lowest BCUT2D eigenvalue weighted by Gasteiger charge is -2.32. The number of ether oxygens (including phenoxy) is 1. The Hall–Kier alpha value is -1.66. The van der Waals surface area contributed by atoms with Gasteiger partial charge in [0.05, 0.1) is 0 Å². The van der Waals surface area contributed by atoms with Crippen LogP contribution in [0.5, 0.6) is 0 Å². The SMILES string of the molecule is COCCCN(Cc1ccc(F)cc1)C(=O)N[C@@H]1CCCN(C)C1.